The monoisotopic (exact) mass is 234 g/mol. The third kappa shape index (κ3) is 2.65. The van der Waals surface area contributed by atoms with Crippen LogP contribution in [0.3, 0.4) is 0 Å². The van der Waals surface area contributed by atoms with Crippen molar-refractivity contribution in [2.75, 3.05) is 0 Å². The molecule has 0 bridgehead atoms. The zero-order chi connectivity index (χ0) is 12.3. The molecule has 0 nitrogen and oxygen atoms in total. The van der Waals surface area contributed by atoms with E-state index in [9.17, 15) is 8.78 Å². The van der Waals surface area contributed by atoms with Crippen LogP contribution in [0.15, 0.2) is 42.2 Å². The topological polar surface area (TPSA) is 0 Å². The summed E-state index contributed by atoms with van der Waals surface area (Å²) in [5, 5.41) is 0. The van der Waals surface area contributed by atoms with Gasteiger partial charge in [-0.3, -0.25) is 0 Å². The minimum Gasteiger partial charge on any atom is -0.164 e. The Morgan fingerprint density at radius 2 is 1.76 bits per heavy atom. The van der Waals surface area contributed by atoms with Gasteiger partial charge in [0.05, 0.1) is 0 Å². The standard InChI is InChI=1S/C15H16F2/c1-12-4-6-13(7-5-12)15(9-2-3-10-15)11-8-14(16)17/h4-7,11H,2-3,9-10H2,1H3. The molecule has 1 aliphatic carbocycles. The molecule has 0 aromatic heterocycles. The summed E-state index contributed by atoms with van der Waals surface area (Å²) in [5.41, 5.74) is 4.20. The fraction of sp³-hybridized carbons (Fsp3) is 0.400. The molecule has 0 atom stereocenters. The highest BCUT2D eigenvalue weighted by Crippen LogP contribution is 2.42. The summed E-state index contributed by atoms with van der Waals surface area (Å²) in [6, 6.07) is 8.18. The van der Waals surface area contributed by atoms with E-state index in [-0.39, 0.29) is 5.41 Å². The van der Waals surface area contributed by atoms with Gasteiger partial charge in [0.15, 0.2) is 0 Å². The van der Waals surface area contributed by atoms with Gasteiger partial charge in [-0.15, -0.1) is 0 Å². The molecule has 1 aromatic carbocycles. The van der Waals surface area contributed by atoms with Gasteiger partial charge in [0.25, 0.3) is 0 Å². The largest absolute Gasteiger partial charge is 0.312 e. The van der Waals surface area contributed by atoms with Gasteiger partial charge in [-0.25, -0.2) is 0 Å². The molecule has 2 heteroatoms. The average Bonchev–Trinajstić information content (AvgIpc) is 2.77. The second-order valence-corrected chi connectivity index (χ2v) is 4.78. The number of allylic oxidation sites excluding steroid dienone is 1. The Balaban J connectivity index is 2.41. The molecule has 1 aromatic rings. The maximum absolute atomic E-state index is 12.2. The summed E-state index contributed by atoms with van der Waals surface area (Å²) in [7, 11) is 0. The summed E-state index contributed by atoms with van der Waals surface area (Å²) in [6.07, 6.45) is 3.91. The number of hydrogen-bond donors (Lipinski definition) is 0. The quantitative estimate of drug-likeness (QED) is 0.648. The van der Waals surface area contributed by atoms with E-state index in [1.54, 1.807) is 6.08 Å². The first-order chi connectivity index (χ1) is 8.12. The Morgan fingerprint density at radius 3 is 2.29 bits per heavy atom. The lowest BCUT2D eigenvalue weighted by Gasteiger charge is -2.24. The molecule has 1 saturated carbocycles. The minimum absolute atomic E-state index is 0.225. The van der Waals surface area contributed by atoms with E-state index < -0.39 is 6.08 Å². The van der Waals surface area contributed by atoms with Crippen molar-refractivity contribution in [3.63, 3.8) is 0 Å². The molecule has 0 unspecified atom stereocenters. The van der Waals surface area contributed by atoms with E-state index in [1.165, 1.54) is 5.56 Å². The number of benzene rings is 1. The van der Waals surface area contributed by atoms with E-state index in [1.807, 2.05) is 19.1 Å². The van der Waals surface area contributed by atoms with Gasteiger partial charge in [0.2, 0.25) is 0 Å². The van der Waals surface area contributed by atoms with E-state index >= 15 is 0 Å². The molecular weight excluding hydrogens is 218 g/mol. The van der Waals surface area contributed by atoms with Crippen molar-refractivity contribution in [1.82, 2.24) is 0 Å². The molecule has 0 aliphatic heterocycles. The first kappa shape index (κ1) is 12.1. The first-order valence-electron chi connectivity index (χ1n) is 5.98. The van der Waals surface area contributed by atoms with Crippen molar-refractivity contribution in [3.8, 4) is 0 Å². The lowest BCUT2D eigenvalue weighted by molar-refractivity contribution is 0.422. The molecule has 1 aliphatic rings. The van der Waals surface area contributed by atoms with E-state index in [0.717, 1.165) is 31.2 Å². The van der Waals surface area contributed by atoms with Crippen LogP contribution in [-0.4, -0.2) is 0 Å². The Labute approximate surface area is 101 Å². The molecule has 17 heavy (non-hydrogen) atoms. The van der Waals surface area contributed by atoms with Gasteiger partial charge in [-0.2, -0.15) is 8.78 Å². The maximum Gasteiger partial charge on any atom is 0.312 e. The molecule has 0 radical (unpaired) electrons. The van der Waals surface area contributed by atoms with Crippen molar-refractivity contribution in [2.24, 2.45) is 0 Å². The Bertz CT molecular complexity index is 440. The Kier molecular flexibility index (Phi) is 3.44. The van der Waals surface area contributed by atoms with Crippen molar-refractivity contribution in [2.45, 2.75) is 38.0 Å². The lowest BCUT2D eigenvalue weighted by atomic mass is 9.79. The van der Waals surface area contributed by atoms with Crippen molar-refractivity contribution in [3.05, 3.63) is 53.3 Å². The maximum atomic E-state index is 12.2. The second kappa shape index (κ2) is 4.85. The average molecular weight is 234 g/mol. The summed E-state index contributed by atoms with van der Waals surface area (Å²) < 4.78 is 24.4. The lowest BCUT2D eigenvalue weighted by Crippen LogP contribution is -2.18. The van der Waals surface area contributed by atoms with Gasteiger partial charge in [-0.05, 0) is 31.4 Å². The number of rotatable bonds is 2. The number of halogens is 2. The number of hydrogen-bond acceptors (Lipinski definition) is 0. The minimum atomic E-state index is -1.73. The van der Waals surface area contributed by atoms with Crippen LogP contribution in [0.4, 0.5) is 8.78 Å². The van der Waals surface area contributed by atoms with E-state index in [2.05, 4.69) is 17.9 Å². The fourth-order valence-electron chi connectivity index (χ4n) is 2.60. The Hall–Kier alpha value is -1.40. The van der Waals surface area contributed by atoms with Crippen molar-refractivity contribution in [1.29, 1.82) is 0 Å². The van der Waals surface area contributed by atoms with Crippen LogP contribution < -0.4 is 0 Å². The van der Waals surface area contributed by atoms with Gasteiger partial charge < -0.3 is 0 Å². The predicted molar refractivity (Wildman–Crippen MR) is 65.1 cm³/mol. The molecule has 2 rings (SSSR count). The van der Waals surface area contributed by atoms with E-state index in [4.69, 9.17) is 0 Å². The molecule has 0 heterocycles. The zero-order valence-electron chi connectivity index (χ0n) is 9.97. The number of aryl methyl sites for hydroxylation is 1. The SMILES string of the molecule is Cc1ccc(C2(C=C=C(F)F)CCCC2)cc1. The Morgan fingerprint density at radius 1 is 1.18 bits per heavy atom. The zero-order valence-corrected chi connectivity index (χ0v) is 9.97. The van der Waals surface area contributed by atoms with Crippen LogP contribution in [0.1, 0.15) is 36.8 Å². The molecule has 1 fully saturated rings. The molecule has 0 saturated heterocycles. The highest BCUT2D eigenvalue weighted by Gasteiger charge is 2.33. The molecule has 90 valence electrons. The van der Waals surface area contributed by atoms with E-state index in [0.29, 0.717) is 0 Å². The van der Waals surface area contributed by atoms with Crippen LogP contribution in [-0.2, 0) is 5.41 Å². The van der Waals surface area contributed by atoms with Gasteiger partial charge in [0, 0.05) is 5.41 Å². The van der Waals surface area contributed by atoms with Gasteiger partial charge in [-0.1, -0.05) is 48.4 Å². The third-order valence-corrected chi connectivity index (χ3v) is 3.58. The van der Waals surface area contributed by atoms with Gasteiger partial charge in [0.1, 0.15) is 0 Å². The van der Waals surface area contributed by atoms with Crippen LogP contribution in [0.5, 0.6) is 0 Å². The fourth-order valence-corrected chi connectivity index (χ4v) is 2.60. The molecule has 0 N–H and O–H groups in total. The van der Waals surface area contributed by atoms with Crippen LogP contribution in [0.2, 0.25) is 0 Å². The van der Waals surface area contributed by atoms with Crippen molar-refractivity contribution >= 4 is 0 Å². The predicted octanol–water partition coefficient (Wildman–Crippen LogP) is 4.74. The van der Waals surface area contributed by atoms with Crippen LogP contribution in [0.25, 0.3) is 0 Å². The van der Waals surface area contributed by atoms with Crippen molar-refractivity contribution < 1.29 is 8.78 Å². The van der Waals surface area contributed by atoms with Crippen LogP contribution in [0, 0.1) is 6.92 Å². The highest BCUT2D eigenvalue weighted by atomic mass is 19.3. The van der Waals surface area contributed by atoms with Gasteiger partial charge >= 0.3 is 6.08 Å². The highest BCUT2D eigenvalue weighted by molar-refractivity contribution is 5.34. The summed E-state index contributed by atoms with van der Waals surface area (Å²) in [5.74, 6) is 0. The second-order valence-electron chi connectivity index (χ2n) is 4.78. The molecule has 0 amide bonds. The van der Waals surface area contributed by atoms with Crippen LogP contribution >= 0.6 is 0 Å². The molecular formula is C15H16F2. The first-order valence-corrected chi connectivity index (χ1v) is 5.98. The summed E-state index contributed by atoms with van der Waals surface area (Å²) in [4.78, 5) is 0. The smallest absolute Gasteiger partial charge is 0.164 e. The summed E-state index contributed by atoms with van der Waals surface area (Å²) >= 11 is 0. The summed E-state index contributed by atoms with van der Waals surface area (Å²) in [6.45, 7) is 2.03. The normalized spacial score (nSPS) is 17.6. The third-order valence-electron chi connectivity index (χ3n) is 3.58. The molecule has 0 spiro atoms.